The normalized spacial score (nSPS) is 13.4. The van der Waals surface area contributed by atoms with E-state index in [1.807, 2.05) is 13.8 Å². The Balaban J connectivity index is 2.56. The van der Waals surface area contributed by atoms with Crippen LogP contribution in [0.1, 0.15) is 19.4 Å². The summed E-state index contributed by atoms with van der Waals surface area (Å²) in [7, 11) is 0. The fourth-order valence-corrected chi connectivity index (χ4v) is 1.31. The van der Waals surface area contributed by atoms with Crippen molar-refractivity contribution in [1.29, 1.82) is 0 Å². The van der Waals surface area contributed by atoms with E-state index in [4.69, 9.17) is 20.4 Å². The summed E-state index contributed by atoms with van der Waals surface area (Å²) in [5.74, 6) is 0.811. The number of benzene rings is 1. The first-order chi connectivity index (χ1) is 8.17. The predicted octanol–water partition coefficient (Wildman–Crippen LogP) is 1.58. The van der Waals surface area contributed by atoms with E-state index in [2.05, 4.69) is 5.16 Å². The molecule has 5 nitrogen and oxygen atoms in total. The fourth-order valence-electron chi connectivity index (χ4n) is 1.31. The third kappa shape index (κ3) is 4.32. The second-order valence-corrected chi connectivity index (χ2v) is 3.60. The average molecular weight is 238 g/mol. The molecule has 0 saturated heterocycles. The topological polar surface area (TPSA) is 77.1 Å². The molecule has 1 unspecified atom stereocenters. The van der Waals surface area contributed by atoms with Crippen LogP contribution in [0, 0.1) is 0 Å². The first-order valence-corrected chi connectivity index (χ1v) is 5.49. The van der Waals surface area contributed by atoms with Crippen LogP contribution in [0.3, 0.4) is 0 Å². The number of oxime groups is 1. The zero-order valence-corrected chi connectivity index (χ0v) is 10.1. The molecule has 0 spiro atoms. The van der Waals surface area contributed by atoms with Crippen molar-refractivity contribution in [2.45, 2.75) is 20.0 Å². The van der Waals surface area contributed by atoms with Crippen LogP contribution in [0.15, 0.2) is 29.4 Å². The molecule has 0 aromatic heterocycles. The van der Waals surface area contributed by atoms with Crippen molar-refractivity contribution < 1.29 is 14.7 Å². The van der Waals surface area contributed by atoms with E-state index in [-0.39, 0.29) is 11.9 Å². The van der Waals surface area contributed by atoms with Gasteiger partial charge in [-0.1, -0.05) is 5.16 Å². The van der Waals surface area contributed by atoms with E-state index < -0.39 is 0 Å². The van der Waals surface area contributed by atoms with Crippen LogP contribution in [0.2, 0.25) is 0 Å². The lowest BCUT2D eigenvalue weighted by Gasteiger charge is -2.14. The highest BCUT2D eigenvalue weighted by molar-refractivity contribution is 5.97. The Labute approximate surface area is 101 Å². The van der Waals surface area contributed by atoms with Gasteiger partial charge in [-0.05, 0) is 38.1 Å². The summed E-state index contributed by atoms with van der Waals surface area (Å²) in [5, 5.41) is 11.4. The third-order valence-electron chi connectivity index (χ3n) is 2.15. The van der Waals surface area contributed by atoms with E-state index in [1.54, 1.807) is 24.3 Å². The fraction of sp³-hybridized carbons (Fsp3) is 0.417. The van der Waals surface area contributed by atoms with E-state index in [0.717, 1.165) is 5.75 Å². The van der Waals surface area contributed by atoms with Crippen molar-refractivity contribution in [3.05, 3.63) is 29.8 Å². The van der Waals surface area contributed by atoms with Gasteiger partial charge in [0.05, 0.1) is 6.61 Å². The zero-order valence-electron chi connectivity index (χ0n) is 10.1. The molecule has 0 radical (unpaired) electrons. The first-order valence-electron chi connectivity index (χ1n) is 5.49. The summed E-state index contributed by atoms with van der Waals surface area (Å²) in [6.45, 7) is 5.11. The highest BCUT2D eigenvalue weighted by Crippen LogP contribution is 2.13. The molecule has 3 N–H and O–H groups in total. The van der Waals surface area contributed by atoms with Gasteiger partial charge in [0, 0.05) is 12.2 Å². The minimum absolute atomic E-state index is 0.00958. The molecular weight excluding hydrogens is 220 g/mol. The lowest BCUT2D eigenvalue weighted by Crippen LogP contribution is -2.19. The molecule has 0 saturated carbocycles. The van der Waals surface area contributed by atoms with Gasteiger partial charge in [-0.3, -0.25) is 0 Å². The van der Waals surface area contributed by atoms with Crippen molar-refractivity contribution in [2.75, 3.05) is 13.2 Å². The average Bonchev–Trinajstić information content (AvgIpc) is 2.36. The molecule has 17 heavy (non-hydrogen) atoms. The summed E-state index contributed by atoms with van der Waals surface area (Å²) in [6.07, 6.45) is -0.00958. The second kappa shape index (κ2) is 6.75. The van der Waals surface area contributed by atoms with Crippen LogP contribution >= 0.6 is 0 Å². The molecule has 1 aromatic rings. The summed E-state index contributed by atoms with van der Waals surface area (Å²) in [6, 6.07) is 7.02. The number of hydrogen-bond donors (Lipinski definition) is 2. The minimum atomic E-state index is -0.00958. The van der Waals surface area contributed by atoms with E-state index in [0.29, 0.717) is 18.8 Å². The predicted molar refractivity (Wildman–Crippen MR) is 65.5 cm³/mol. The highest BCUT2D eigenvalue weighted by Gasteiger charge is 2.04. The maximum absolute atomic E-state index is 8.52. The van der Waals surface area contributed by atoms with Crippen molar-refractivity contribution in [2.24, 2.45) is 10.9 Å². The Kier molecular flexibility index (Phi) is 5.29. The molecule has 1 rings (SSSR count). The Hall–Kier alpha value is -1.75. The molecule has 0 aliphatic heterocycles. The molecule has 5 heteroatoms. The molecule has 0 aliphatic rings. The Morgan fingerprint density at radius 1 is 1.41 bits per heavy atom. The molecule has 1 aromatic carbocycles. The van der Waals surface area contributed by atoms with Crippen molar-refractivity contribution in [3.63, 3.8) is 0 Å². The Bertz CT molecular complexity index is 363. The summed E-state index contributed by atoms with van der Waals surface area (Å²) >= 11 is 0. The first kappa shape index (κ1) is 13.3. The van der Waals surface area contributed by atoms with Gasteiger partial charge in [0.15, 0.2) is 5.84 Å². The largest absolute Gasteiger partial charge is 0.488 e. The van der Waals surface area contributed by atoms with Crippen molar-refractivity contribution in [1.82, 2.24) is 0 Å². The summed E-state index contributed by atoms with van der Waals surface area (Å²) in [5.41, 5.74) is 6.10. The van der Waals surface area contributed by atoms with Crippen molar-refractivity contribution >= 4 is 5.84 Å². The van der Waals surface area contributed by atoms with E-state index >= 15 is 0 Å². The van der Waals surface area contributed by atoms with Crippen molar-refractivity contribution in [3.8, 4) is 5.75 Å². The summed E-state index contributed by atoms with van der Waals surface area (Å²) in [4.78, 5) is 0. The minimum Gasteiger partial charge on any atom is -0.488 e. The molecule has 0 aliphatic carbocycles. The lowest BCUT2D eigenvalue weighted by atomic mass is 10.2. The van der Waals surface area contributed by atoms with E-state index in [9.17, 15) is 0 Å². The van der Waals surface area contributed by atoms with Crippen LogP contribution in [0.25, 0.3) is 0 Å². The molecule has 0 bridgehead atoms. The maximum Gasteiger partial charge on any atom is 0.170 e. The van der Waals surface area contributed by atoms with Gasteiger partial charge >= 0.3 is 0 Å². The van der Waals surface area contributed by atoms with Crippen LogP contribution in [0.5, 0.6) is 5.75 Å². The quantitative estimate of drug-likeness (QED) is 0.341. The van der Waals surface area contributed by atoms with Gasteiger partial charge in [-0.2, -0.15) is 0 Å². The number of nitrogens with zero attached hydrogens (tertiary/aromatic N) is 1. The van der Waals surface area contributed by atoms with Gasteiger partial charge in [0.1, 0.15) is 11.9 Å². The molecule has 0 fully saturated rings. The number of ether oxygens (including phenoxy) is 2. The third-order valence-corrected chi connectivity index (χ3v) is 2.15. The van der Waals surface area contributed by atoms with Gasteiger partial charge in [-0.15, -0.1) is 0 Å². The molecule has 1 atom stereocenters. The van der Waals surface area contributed by atoms with Gasteiger partial charge < -0.3 is 20.4 Å². The van der Waals surface area contributed by atoms with Crippen LogP contribution in [-0.2, 0) is 4.74 Å². The molecular formula is C12H18N2O3. The number of rotatable bonds is 6. The van der Waals surface area contributed by atoms with Crippen LogP contribution in [-0.4, -0.2) is 30.4 Å². The van der Waals surface area contributed by atoms with Gasteiger partial charge in [0.2, 0.25) is 0 Å². The standard InChI is InChI=1S/C12H18N2O3/c1-3-16-8-9(2)17-11-6-4-10(5-7-11)12(13)14-15/h4-7,9,15H,3,8H2,1-2H3,(H2,13,14). The Morgan fingerprint density at radius 3 is 2.59 bits per heavy atom. The lowest BCUT2D eigenvalue weighted by molar-refractivity contribution is 0.0657. The second-order valence-electron chi connectivity index (χ2n) is 3.60. The molecule has 0 amide bonds. The Morgan fingerprint density at radius 2 is 2.06 bits per heavy atom. The molecule has 94 valence electrons. The van der Waals surface area contributed by atoms with Gasteiger partial charge in [0.25, 0.3) is 0 Å². The summed E-state index contributed by atoms with van der Waals surface area (Å²) < 4.78 is 10.9. The molecule has 0 heterocycles. The maximum atomic E-state index is 8.52. The smallest absolute Gasteiger partial charge is 0.170 e. The van der Waals surface area contributed by atoms with Gasteiger partial charge in [-0.25, -0.2) is 0 Å². The van der Waals surface area contributed by atoms with Crippen LogP contribution < -0.4 is 10.5 Å². The number of hydrogen-bond acceptors (Lipinski definition) is 4. The van der Waals surface area contributed by atoms with Crippen LogP contribution in [0.4, 0.5) is 0 Å². The number of nitrogens with two attached hydrogens (primary N) is 1. The highest BCUT2D eigenvalue weighted by atomic mass is 16.5. The zero-order chi connectivity index (χ0) is 12.7. The SMILES string of the molecule is CCOCC(C)Oc1ccc(/C(N)=N/O)cc1. The monoisotopic (exact) mass is 238 g/mol. The van der Waals surface area contributed by atoms with E-state index in [1.165, 1.54) is 0 Å². The number of amidine groups is 1.